The van der Waals surface area contributed by atoms with Crippen molar-refractivity contribution in [3.05, 3.63) is 63.5 Å². The minimum atomic E-state index is -0.299. The van der Waals surface area contributed by atoms with Gasteiger partial charge >= 0.3 is 0 Å². The fraction of sp³-hybridized carbons (Fsp3) is 0.167. The lowest BCUT2D eigenvalue weighted by Crippen LogP contribution is -2.12. The molecule has 1 N–H and O–H groups in total. The average molecular weight is 390 g/mol. The van der Waals surface area contributed by atoms with Crippen LogP contribution < -0.4 is 5.32 Å². The molecule has 3 rings (SSSR count). The molecule has 0 spiro atoms. The van der Waals surface area contributed by atoms with Crippen LogP contribution in [-0.2, 0) is 11.8 Å². The molecule has 2 aromatic heterocycles. The Morgan fingerprint density at radius 3 is 2.62 bits per heavy atom. The highest BCUT2D eigenvalue weighted by Gasteiger charge is 2.11. The van der Waals surface area contributed by atoms with Crippen LogP contribution in [-0.4, -0.2) is 25.5 Å². The van der Waals surface area contributed by atoms with Crippen molar-refractivity contribution in [2.24, 2.45) is 7.05 Å². The van der Waals surface area contributed by atoms with Gasteiger partial charge in [-0.25, -0.2) is 4.68 Å². The minimum absolute atomic E-state index is 0.299. The SMILES string of the molecule is Cc1cc(NC(=O)/C=C/c2c(C)nn(C)c2Cl)n(-c2cccc(Cl)c2)n1. The number of carbonyl (C=O) groups is 1. The van der Waals surface area contributed by atoms with Crippen molar-refractivity contribution in [2.45, 2.75) is 13.8 Å². The topological polar surface area (TPSA) is 64.7 Å². The molecular weight excluding hydrogens is 373 g/mol. The molecule has 134 valence electrons. The van der Waals surface area contributed by atoms with E-state index in [-0.39, 0.29) is 5.91 Å². The molecule has 0 saturated carbocycles. The first kappa shape index (κ1) is 18.2. The molecule has 0 radical (unpaired) electrons. The standard InChI is InChI=1S/C18H17Cl2N5O/c1-11-9-16(25(22-11)14-6-4-5-13(19)10-14)21-17(26)8-7-15-12(2)23-24(3)18(15)20/h4-10H,1-3H3,(H,21,26)/b8-7+. The van der Waals surface area contributed by atoms with Gasteiger partial charge in [0.25, 0.3) is 0 Å². The van der Waals surface area contributed by atoms with Crippen molar-refractivity contribution in [3.63, 3.8) is 0 Å². The maximum absolute atomic E-state index is 12.3. The number of rotatable bonds is 4. The quantitative estimate of drug-likeness (QED) is 0.680. The Bertz CT molecular complexity index is 1000. The Balaban J connectivity index is 1.83. The highest BCUT2D eigenvalue weighted by Crippen LogP contribution is 2.22. The summed E-state index contributed by atoms with van der Waals surface area (Å²) in [4.78, 5) is 12.3. The van der Waals surface area contributed by atoms with Gasteiger partial charge in [0.05, 0.1) is 17.1 Å². The second-order valence-electron chi connectivity index (χ2n) is 5.80. The third-order valence-corrected chi connectivity index (χ3v) is 4.42. The van der Waals surface area contributed by atoms with Crippen LogP contribution in [0.15, 0.2) is 36.4 Å². The Labute approximate surface area is 161 Å². The van der Waals surface area contributed by atoms with Gasteiger partial charge in [-0.3, -0.25) is 9.48 Å². The molecule has 8 heteroatoms. The van der Waals surface area contributed by atoms with E-state index in [1.807, 2.05) is 26.0 Å². The smallest absolute Gasteiger partial charge is 0.249 e. The van der Waals surface area contributed by atoms with E-state index in [0.29, 0.717) is 21.6 Å². The first-order valence-electron chi connectivity index (χ1n) is 7.86. The maximum Gasteiger partial charge on any atom is 0.249 e. The van der Waals surface area contributed by atoms with E-state index in [0.717, 1.165) is 17.1 Å². The molecule has 1 aromatic carbocycles. The van der Waals surface area contributed by atoms with Crippen LogP contribution in [0.25, 0.3) is 11.8 Å². The third kappa shape index (κ3) is 3.81. The van der Waals surface area contributed by atoms with Gasteiger partial charge in [0.2, 0.25) is 5.91 Å². The first-order valence-corrected chi connectivity index (χ1v) is 8.61. The molecule has 0 aliphatic rings. The maximum atomic E-state index is 12.3. The molecule has 3 aromatic rings. The summed E-state index contributed by atoms with van der Waals surface area (Å²) in [6.45, 7) is 3.69. The van der Waals surface area contributed by atoms with Crippen molar-refractivity contribution in [1.82, 2.24) is 19.6 Å². The Morgan fingerprint density at radius 2 is 1.96 bits per heavy atom. The van der Waals surface area contributed by atoms with E-state index < -0.39 is 0 Å². The zero-order chi connectivity index (χ0) is 18.8. The second kappa shape index (κ2) is 7.35. The molecule has 0 bridgehead atoms. The summed E-state index contributed by atoms with van der Waals surface area (Å²) in [7, 11) is 1.75. The van der Waals surface area contributed by atoms with Crippen LogP contribution in [0.3, 0.4) is 0 Å². The number of aromatic nitrogens is 4. The molecule has 0 aliphatic carbocycles. The Morgan fingerprint density at radius 1 is 1.19 bits per heavy atom. The number of hydrogen-bond donors (Lipinski definition) is 1. The number of halogens is 2. The van der Waals surface area contributed by atoms with Gasteiger partial charge in [0.15, 0.2) is 0 Å². The third-order valence-electron chi connectivity index (χ3n) is 3.73. The predicted molar refractivity (Wildman–Crippen MR) is 104 cm³/mol. The highest BCUT2D eigenvalue weighted by atomic mass is 35.5. The number of aryl methyl sites for hydroxylation is 3. The molecule has 2 heterocycles. The highest BCUT2D eigenvalue weighted by molar-refractivity contribution is 6.31. The number of nitrogens with one attached hydrogen (secondary N) is 1. The molecule has 1 amide bonds. The van der Waals surface area contributed by atoms with Crippen molar-refractivity contribution in [3.8, 4) is 5.69 Å². The minimum Gasteiger partial charge on any atom is -0.307 e. The van der Waals surface area contributed by atoms with E-state index in [4.69, 9.17) is 23.2 Å². The molecule has 26 heavy (non-hydrogen) atoms. The molecule has 0 fully saturated rings. The normalized spacial score (nSPS) is 11.3. The fourth-order valence-electron chi connectivity index (χ4n) is 2.56. The molecule has 6 nitrogen and oxygen atoms in total. The zero-order valence-corrected chi connectivity index (χ0v) is 16.0. The summed E-state index contributed by atoms with van der Waals surface area (Å²) in [5.41, 5.74) is 3.00. The van der Waals surface area contributed by atoms with E-state index in [1.54, 1.807) is 40.7 Å². The summed E-state index contributed by atoms with van der Waals surface area (Å²) in [6, 6.07) is 9.03. The van der Waals surface area contributed by atoms with Gasteiger partial charge in [0, 0.05) is 29.8 Å². The lowest BCUT2D eigenvalue weighted by atomic mass is 10.2. The molecule has 0 saturated heterocycles. The molecule has 0 atom stereocenters. The van der Waals surface area contributed by atoms with Gasteiger partial charge in [-0.15, -0.1) is 0 Å². The number of amides is 1. The summed E-state index contributed by atoms with van der Waals surface area (Å²) in [5.74, 6) is 0.251. The van der Waals surface area contributed by atoms with E-state index in [9.17, 15) is 4.79 Å². The van der Waals surface area contributed by atoms with Gasteiger partial charge in [-0.1, -0.05) is 29.3 Å². The molecular formula is C18H17Cl2N5O. The lowest BCUT2D eigenvalue weighted by molar-refractivity contribution is -0.111. The van der Waals surface area contributed by atoms with Crippen LogP contribution >= 0.6 is 23.2 Å². The van der Waals surface area contributed by atoms with Gasteiger partial charge in [-0.05, 0) is 38.1 Å². The predicted octanol–water partition coefficient (Wildman–Crippen LogP) is 4.18. The lowest BCUT2D eigenvalue weighted by Gasteiger charge is -2.08. The van der Waals surface area contributed by atoms with Gasteiger partial charge < -0.3 is 5.32 Å². The van der Waals surface area contributed by atoms with Crippen LogP contribution in [0.2, 0.25) is 10.2 Å². The van der Waals surface area contributed by atoms with Crippen molar-refractivity contribution in [1.29, 1.82) is 0 Å². The zero-order valence-electron chi connectivity index (χ0n) is 14.5. The fourth-order valence-corrected chi connectivity index (χ4v) is 2.98. The van der Waals surface area contributed by atoms with E-state index in [1.165, 1.54) is 6.08 Å². The summed E-state index contributed by atoms with van der Waals surface area (Å²) in [5, 5.41) is 12.5. The number of carbonyl (C=O) groups excluding carboxylic acids is 1. The van der Waals surface area contributed by atoms with Crippen molar-refractivity contribution < 1.29 is 4.79 Å². The summed E-state index contributed by atoms with van der Waals surface area (Å²) < 4.78 is 3.20. The van der Waals surface area contributed by atoms with Crippen LogP contribution in [0.4, 0.5) is 5.82 Å². The number of benzene rings is 1. The number of hydrogen-bond acceptors (Lipinski definition) is 3. The monoisotopic (exact) mass is 389 g/mol. The van der Waals surface area contributed by atoms with Crippen LogP contribution in [0.1, 0.15) is 17.0 Å². The van der Waals surface area contributed by atoms with Gasteiger partial charge in [-0.2, -0.15) is 10.2 Å². The number of anilines is 1. The Hall–Kier alpha value is -2.57. The summed E-state index contributed by atoms with van der Waals surface area (Å²) >= 11 is 12.2. The molecule has 0 unspecified atom stereocenters. The average Bonchev–Trinajstić information content (AvgIpc) is 3.05. The van der Waals surface area contributed by atoms with Crippen LogP contribution in [0.5, 0.6) is 0 Å². The van der Waals surface area contributed by atoms with Crippen molar-refractivity contribution in [2.75, 3.05) is 5.32 Å². The Kier molecular flexibility index (Phi) is 5.15. The van der Waals surface area contributed by atoms with Gasteiger partial charge in [0.1, 0.15) is 11.0 Å². The summed E-state index contributed by atoms with van der Waals surface area (Å²) in [6.07, 6.45) is 3.06. The largest absolute Gasteiger partial charge is 0.307 e. The number of nitrogens with zero attached hydrogens (tertiary/aromatic N) is 4. The first-order chi connectivity index (χ1) is 12.3. The van der Waals surface area contributed by atoms with Crippen molar-refractivity contribution >= 4 is 41.0 Å². The van der Waals surface area contributed by atoms with E-state index in [2.05, 4.69) is 15.5 Å². The molecule has 0 aliphatic heterocycles. The van der Waals surface area contributed by atoms with E-state index >= 15 is 0 Å². The van der Waals surface area contributed by atoms with Crippen LogP contribution in [0, 0.1) is 13.8 Å². The second-order valence-corrected chi connectivity index (χ2v) is 6.59.